The summed E-state index contributed by atoms with van der Waals surface area (Å²) in [5.41, 5.74) is 2.40. The second kappa shape index (κ2) is 8.85. The van der Waals surface area contributed by atoms with Crippen molar-refractivity contribution < 1.29 is 22.3 Å². The molecule has 0 spiro atoms. The van der Waals surface area contributed by atoms with E-state index in [2.05, 4.69) is 10.8 Å². The van der Waals surface area contributed by atoms with Crippen LogP contribution in [0.25, 0.3) is 0 Å². The lowest BCUT2D eigenvalue weighted by Gasteiger charge is -2.37. The van der Waals surface area contributed by atoms with Crippen LogP contribution in [0.5, 0.6) is 5.75 Å². The number of halogens is 5. The van der Waals surface area contributed by atoms with Gasteiger partial charge in [0.15, 0.2) is 11.6 Å². The highest BCUT2D eigenvalue weighted by atomic mass is 35.5. The summed E-state index contributed by atoms with van der Waals surface area (Å²) in [6.07, 6.45) is 6.21. The fraction of sp³-hybridized carbons (Fsp3) is 0.619. The summed E-state index contributed by atoms with van der Waals surface area (Å²) in [5, 5.41) is 0. The summed E-state index contributed by atoms with van der Waals surface area (Å²) < 4.78 is 54.5. The first kappa shape index (κ1) is 20.5. The van der Waals surface area contributed by atoms with Crippen LogP contribution in [0.15, 0.2) is 29.8 Å². The zero-order valence-corrected chi connectivity index (χ0v) is 15.9. The monoisotopic (exact) mass is 404 g/mol. The number of ether oxygens (including phenoxy) is 1. The summed E-state index contributed by atoms with van der Waals surface area (Å²) in [7, 11) is 0. The zero-order chi connectivity index (χ0) is 19.4. The maximum absolute atomic E-state index is 14.0. The van der Waals surface area contributed by atoms with Crippen molar-refractivity contribution in [3.05, 3.63) is 41.2 Å². The van der Waals surface area contributed by atoms with Gasteiger partial charge in [0.2, 0.25) is 0 Å². The SMILES string of the molecule is Fc1cc(C2CCC(C3CCC(/C=C/Cl)CC3)CC2)ccc1OC(F)(F)F. The normalized spacial score (nSPS) is 29.8. The molecule has 1 nitrogen and oxygen atoms in total. The second-order valence-corrected chi connectivity index (χ2v) is 8.09. The molecule has 0 bridgehead atoms. The Labute approximate surface area is 162 Å². The van der Waals surface area contributed by atoms with Crippen molar-refractivity contribution in [2.75, 3.05) is 0 Å². The van der Waals surface area contributed by atoms with E-state index in [9.17, 15) is 17.6 Å². The fourth-order valence-corrected chi connectivity index (χ4v) is 5.02. The van der Waals surface area contributed by atoms with Crippen LogP contribution in [0.1, 0.15) is 62.8 Å². The van der Waals surface area contributed by atoms with E-state index in [4.69, 9.17) is 11.6 Å². The minimum atomic E-state index is -4.88. The van der Waals surface area contributed by atoms with E-state index >= 15 is 0 Å². The van der Waals surface area contributed by atoms with Gasteiger partial charge in [-0.3, -0.25) is 0 Å². The average Bonchev–Trinajstić information content (AvgIpc) is 2.63. The zero-order valence-electron chi connectivity index (χ0n) is 15.2. The third-order valence-electron chi connectivity index (χ3n) is 6.25. The number of allylic oxidation sites excluding steroid dienone is 1. The standard InChI is InChI=1S/C21H25ClF4O/c22-12-11-14-1-3-15(4-2-14)16-5-7-17(8-6-16)18-9-10-20(19(23)13-18)27-21(24,25)26/h9-17H,1-8H2/b12-11+. The van der Waals surface area contributed by atoms with Crippen LogP contribution in [-0.2, 0) is 0 Å². The number of hydrogen-bond acceptors (Lipinski definition) is 1. The minimum Gasteiger partial charge on any atom is -0.403 e. The largest absolute Gasteiger partial charge is 0.573 e. The minimum absolute atomic E-state index is 0.214. The van der Waals surface area contributed by atoms with Crippen molar-refractivity contribution in [1.29, 1.82) is 0 Å². The molecule has 27 heavy (non-hydrogen) atoms. The predicted octanol–water partition coefficient (Wildman–Crippen LogP) is 7.56. The Morgan fingerprint density at radius 1 is 0.926 bits per heavy atom. The topological polar surface area (TPSA) is 9.23 Å². The molecule has 2 fully saturated rings. The molecule has 3 rings (SSSR count). The van der Waals surface area contributed by atoms with Crippen LogP contribution >= 0.6 is 11.6 Å². The molecule has 2 aliphatic carbocycles. The Kier molecular flexibility index (Phi) is 6.72. The van der Waals surface area contributed by atoms with Gasteiger partial charge in [-0.2, -0.15) is 0 Å². The molecule has 2 aliphatic rings. The summed E-state index contributed by atoms with van der Waals surface area (Å²) in [6, 6.07) is 3.87. The van der Waals surface area contributed by atoms with Crippen molar-refractivity contribution in [2.24, 2.45) is 17.8 Å². The van der Waals surface area contributed by atoms with E-state index in [-0.39, 0.29) is 5.92 Å². The Hall–Kier alpha value is -1.23. The number of rotatable bonds is 4. The first-order valence-corrected chi connectivity index (χ1v) is 10.1. The lowest BCUT2D eigenvalue weighted by Crippen LogP contribution is -2.25. The Bertz CT molecular complexity index is 642. The predicted molar refractivity (Wildman–Crippen MR) is 98.2 cm³/mol. The first-order valence-electron chi connectivity index (χ1n) is 9.68. The Morgan fingerprint density at radius 2 is 1.52 bits per heavy atom. The molecule has 1 aromatic rings. The molecule has 0 radical (unpaired) electrons. The van der Waals surface area contributed by atoms with Gasteiger partial charge in [0.1, 0.15) is 0 Å². The molecule has 150 valence electrons. The maximum Gasteiger partial charge on any atom is 0.573 e. The van der Waals surface area contributed by atoms with Gasteiger partial charge in [-0.1, -0.05) is 23.7 Å². The van der Waals surface area contributed by atoms with Crippen LogP contribution in [0, 0.1) is 23.6 Å². The molecule has 2 saturated carbocycles. The van der Waals surface area contributed by atoms with Gasteiger partial charge in [0.05, 0.1) is 0 Å². The van der Waals surface area contributed by atoms with Gasteiger partial charge < -0.3 is 4.74 Å². The quantitative estimate of drug-likeness (QED) is 0.470. The first-order chi connectivity index (χ1) is 12.9. The van der Waals surface area contributed by atoms with E-state index in [1.54, 1.807) is 11.6 Å². The Morgan fingerprint density at radius 3 is 2.04 bits per heavy atom. The van der Waals surface area contributed by atoms with Crippen LogP contribution < -0.4 is 4.74 Å². The van der Waals surface area contributed by atoms with Gasteiger partial charge in [-0.15, -0.1) is 13.2 Å². The lowest BCUT2D eigenvalue weighted by molar-refractivity contribution is -0.275. The number of benzene rings is 1. The fourth-order valence-electron chi connectivity index (χ4n) is 4.81. The summed E-state index contributed by atoms with van der Waals surface area (Å²) in [4.78, 5) is 0. The summed E-state index contributed by atoms with van der Waals surface area (Å²) >= 11 is 5.68. The average molecular weight is 405 g/mol. The van der Waals surface area contributed by atoms with Gasteiger partial charge >= 0.3 is 6.36 Å². The molecule has 6 heteroatoms. The van der Waals surface area contributed by atoms with Crippen molar-refractivity contribution in [3.8, 4) is 5.75 Å². The van der Waals surface area contributed by atoms with Gasteiger partial charge in [-0.25, -0.2) is 4.39 Å². The highest BCUT2D eigenvalue weighted by molar-refractivity contribution is 6.25. The maximum atomic E-state index is 14.0. The van der Waals surface area contributed by atoms with E-state index in [0.29, 0.717) is 11.8 Å². The number of hydrogen-bond donors (Lipinski definition) is 0. The second-order valence-electron chi connectivity index (χ2n) is 7.84. The summed E-state index contributed by atoms with van der Waals surface area (Å²) in [6.45, 7) is 0. The van der Waals surface area contributed by atoms with Crippen LogP contribution in [0.2, 0.25) is 0 Å². The van der Waals surface area contributed by atoms with E-state index in [0.717, 1.165) is 43.2 Å². The molecule has 0 heterocycles. The molecular weight excluding hydrogens is 380 g/mol. The van der Waals surface area contributed by atoms with Crippen molar-refractivity contribution >= 4 is 11.6 Å². The van der Waals surface area contributed by atoms with Crippen LogP contribution in [0.3, 0.4) is 0 Å². The van der Waals surface area contributed by atoms with Gasteiger partial charge in [0, 0.05) is 5.54 Å². The van der Waals surface area contributed by atoms with Crippen LogP contribution in [0.4, 0.5) is 17.6 Å². The molecule has 0 amide bonds. The van der Waals surface area contributed by atoms with E-state index in [1.807, 2.05) is 0 Å². The van der Waals surface area contributed by atoms with Gasteiger partial charge in [-0.05, 0) is 92.7 Å². The van der Waals surface area contributed by atoms with Crippen LogP contribution in [-0.4, -0.2) is 6.36 Å². The van der Waals surface area contributed by atoms with E-state index < -0.39 is 17.9 Å². The van der Waals surface area contributed by atoms with Gasteiger partial charge in [0.25, 0.3) is 0 Å². The third kappa shape index (κ3) is 5.63. The molecule has 0 saturated heterocycles. The molecule has 0 aromatic heterocycles. The Balaban J connectivity index is 1.53. The highest BCUT2D eigenvalue weighted by Crippen LogP contribution is 2.44. The molecule has 0 unspecified atom stereocenters. The lowest BCUT2D eigenvalue weighted by atomic mass is 9.68. The number of alkyl halides is 3. The smallest absolute Gasteiger partial charge is 0.403 e. The third-order valence-corrected chi connectivity index (χ3v) is 6.40. The summed E-state index contributed by atoms with van der Waals surface area (Å²) in [5.74, 6) is 0.576. The van der Waals surface area contributed by atoms with Crippen molar-refractivity contribution in [3.63, 3.8) is 0 Å². The molecule has 1 aromatic carbocycles. The van der Waals surface area contributed by atoms with Crippen molar-refractivity contribution in [2.45, 2.75) is 63.6 Å². The molecule has 0 atom stereocenters. The molecule has 0 N–H and O–H groups in total. The van der Waals surface area contributed by atoms with E-state index in [1.165, 1.54) is 31.7 Å². The highest BCUT2D eigenvalue weighted by Gasteiger charge is 2.33. The molecular formula is C21H25ClF4O. The van der Waals surface area contributed by atoms with Crippen molar-refractivity contribution in [1.82, 2.24) is 0 Å². The molecule has 0 aliphatic heterocycles.